The minimum atomic E-state index is -0.496. The van der Waals surface area contributed by atoms with E-state index in [4.69, 9.17) is 4.74 Å². The minimum absolute atomic E-state index is 0.0817. The molecule has 22 heavy (non-hydrogen) atoms. The van der Waals surface area contributed by atoms with E-state index in [0.29, 0.717) is 24.2 Å². The van der Waals surface area contributed by atoms with Gasteiger partial charge < -0.3 is 15.4 Å². The van der Waals surface area contributed by atoms with Crippen LogP contribution in [0.2, 0.25) is 0 Å². The quantitative estimate of drug-likeness (QED) is 0.876. The molecule has 1 aromatic carbocycles. The molecule has 1 unspecified atom stereocenters. The summed E-state index contributed by atoms with van der Waals surface area (Å²) in [5.41, 5.74) is 1.83. The molecule has 0 aliphatic rings. The number of hydrogen-bond donors (Lipinski definition) is 2. The van der Waals surface area contributed by atoms with Crippen molar-refractivity contribution in [1.29, 1.82) is 0 Å². The molecule has 0 fully saturated rings. The van der Waals surface area contributed by atoms with Crippen molar-refractivity contribution < 1.29 is 13.9 Å². The third-order valence-electron chi connectivity index (χ3n) is 3.10. The first kappa shape index (κ1) is 18.4. The van der Waals surface area contributed by atoms with Crippen molar-refractivity contribution >= 4 is 6.09 Å². The second-order valence-electron chi connectivity index (χ2n) is 6.71. The van der Waals surface area contributed by atoms with E-state index in [1.54, 1.807) is 13.8 Å². The Labute approximate surface area is 132 Å². The van der Waals surface area contributed by atoms with Gasteiger partial charge in [0, 0.05) is 19.1 Å². The van der Waals surface area contributed by atoms with Crippen molar-refractivity contribution in [2.24, 2.45) is 0 Å². The lowest BCUT2D eigenvalue weighted by atomic mass is 10.1. The summed E-state index contributed by atoms with van der Waals surface area (Å²) in [5, 5.41) is 6.02. The summed E-state index contributed by atoms with van der Waals surface area (Å²) in [6.07, 6.45) is -0.422. The Morgan fingerprint density at radius 1 is 1.27 bits per heavy atom. The van der Waals surface area contributed by atoms with Crippen LogP contribution in [0.4, 0.5) is 9.18 Å². The number of halogens is 1. The number of ether oxygens (including phenoxy) is 1. The van der Waals surface area contributed by atoms with Gasteiger partial charge in [-0.2, -0.15) is 0 Å². The smallest absolute Gasteiger partial charge is 0.407 e. The summed E-state index contributed by atoms with van der Waals surface area (Å²) in [6, 6.07) is 3.75. The van der Waals surface area contributed by atoms with Crippen molar-refractivity contribution in [3.8, 4) is 0 Å². The highest BCUT2D eigenvalue weighted by molar-refractivity contribution is 5.67. The molecule has 0 aromatic heterocycles. The molecule has 0 saturated heterocycles. The fourth-order valence-corrected chi connectivity index (χ4v) is 2.05. The van der Waals surface area contributed by atoms with Crippen LogP contribution >= 0.6 is 0 Å². The Morgan fingerprint density at radius 2 is 1.82 bits per heavy atom. The van der Waals surface area contributed by atoms with Gasteiger partial charge in [-0.1, -0.05) is 12.1 Å². The average Bonchev–Trinajstić information content (AvgIpc) is 2.38. The Kier molecular flexibility index (Phi) is 6.35. The molecule has 1 atom stereocenters. The number of carbonyl (C=O) groups excluding carboxylic acids is 1. The molecule has 4 nitrogen and oxygen atoms in total. The largest absolute Gasteiger partial charge is 0.444 e. The van der Waals surface area contributed by atoms with Gasteiger partial charge in [-0.15, -0.1) is 0 Å². The Bertz CT molecular complexity index is 501. The normalized spacial score (nSPS) is 12.9. The second kappa shape index (κ2) is 7.58. The zero-order valence-electron chi connectivity index (χ0n) is 14.3. The topological polar surface area (TPSA) is 50.4 Å². The summed E-state index contributed by atoms with van der Waals surface area (Å²) in [6.45, 7) is 12.1. The molecule has 0 aliphatic heterocycles. The van der Waals surface area contributed by atoms with Gasteiger partial charge in [0.05, 0.1) is 0 Å². The van der Waals surface area contributed by atoms with Gasteiger partial charge in [0.25, 0.3) is 0 Å². The van der Waals surface area contributed by atoms with Crippen molar-refractivity contribution in [1.82, 2.24) is 10.6 Å². The molecule has 1 aromatic rings. The van der Waals surface area contributed by atoms with E-state index in [1.807, 2.05) is 39.8 Å². The van der Waals surface area contributed by atoms with Gasteiger partial charge in [-0.3, -0.25) is 0 Å². The van der Waals surface area contributed by atoms with Crippen LogP contribution < -0.4 is 10.6 Å². The zero-order chi connectivity index (χ0) is 16.9. The second-order valence-corrected chi connectivity index (χ2v) is 6.71. The fourth-order valence-electron chi connectivity index (χ4n) is 2.05. The maximum absolute atomic E-state index is 13.6. The van der Waals surface area contributed by atoms with E-state index in [2.05, 4.69) is 10.6 Å². The van der Waals surface area contributed by atoms with Crippen LogP contribution in [-0.2, 0) is 11.3 Å². The number of benzene rings is 1. The highest BCUT2D eigenvalue weighted by Gasteiger charge is 2.16. The molecular formula is C17H27FN2O2. The van der Waals surface area contributed by atoms with Gasteiger partial charge in [-0.05, 0) is 58.2 Å². The zero-order valence-corrected chi connectivity index (χ0v) is 14.3. The minimum Gasteiger partial charge on any atom is -0.444 e. The summed E-state index contributed by atoms with van der Waals surface area (Å²) in [4.78, 5) is 11.6. The van der Waals surface area contributed by atoms with Gasteiger partial charge in [-0.25, -0.2) is 9.18 Å². The lowest BCUT2D eigenvalue weighted by Gasteiger charge is -2.21. The fraction of sp³-hybridized carbons (Fsp3) is 0.588. The maximum Gasteiger partial charge on any atom is 0.407 e. The van der Waals surface area contributed by atoms with Gasteiger partial charge in [0.15, 0.2) is 0 Å². The van der Waals surface area contributed by atoms with E-state index in [0.717, 1.165) is 5.56 Å². The van der Waals surface area contributed by atoms with Crippen LogP contribution in [0.25, 0.3) is 0 Å². The van der Waals surface area contributed by atoms with Crippen LogP contribution in [0.5, 0.6) is 0 Å². The maximum atomic E-state index is 13.6. The number of alkyl carbamates (subject to hydrolysis) is 1. The van der Waals surface area contributed by atoms with Crippen LogP contribution in [0.15, 0.2) is 12.1 Å². The first-order chi connectivity index (χ1) is 10.1. The predicted octanol–water partition coefficient (Wildman–Crippen LogP) is 3.45. The molecule has 0 radical (unpaired) electrons. The predicted molar refractivity (Wildman–Crippen MR) is 86.4 cm³/mol. The number of aryl methyl sites for hydroxylation is 2. The molecular weight excluding hydrogens is 283 g/mol. The van der Waals surface area contributed by atoms with Crippen molar-refractivity contribution in [2.45, 2.75) is 59.7 Å². The van der Waals surface area contributed by atoms with E-state index < -0.39 is 11.7 Å². The van der Waals surface area contributed by atoms with E-state index >= 15 is 0 Å². The summed E-state index contributed by atoms with van der Waals surface area (Å²) in [7, 11) is 0. The third kappa shape index (κ3) is 6.43. The van der Waals surface area contributed by atoms with Gasteiger partial charge >= 0.3 is 6.09 Å². The van der Waals surface area contributed by atoms with E-state index in [-0.39, 0.29) is 11.9 Å². The Balaban J connectivity index is 2.40. The SMILES string of the molecule is Cc1cc(CNC(C)CNC(=O)OC(C)(C)C)cc(C)c1F. The highest BCUT2D eigenvalue weighted by atomic mass is 19.1. The molecule has 124 valence electrons. The molecule has 2 N–H and O–H groups in total. The first-order valence-corrected chi connectivity index (χ1v) is 7.54. The summed E-state index contributed by atoms with van der Waals surface area (Å²) in [5.74, 6) is -0.150. The Hall–Kier alpha value is -1.62. The molecule has 0 heterocycles. The summed E-state index contributed by atoms with van der Waals surface area (Å²) >= 11 is 0. The number of nitrogens with one attached hydrogen (secondary N) is 2. The number of carbonyl (C=O) groups is 1. The molecule has 0 spiro atoms. The Morgan fingerprint density at radius 3 is 2.32 bits per heavy atom. The molecule has 1 rings (SSSR count). The van der Waals surface area contributed by atoms with Crippen molar-refractivity contribution in [3.63, 3.8) is 0 Å². The van der Waals surface area contributed by atoms with Crippen LogP contribution in [0.1, 0.15) is 44.4 Å². The monoisotopic (exact) mass is 310 g/mol. The lowest BCUT2D eigenvalue weighted by molar-refractivity contribution is 0.0523. The standard InChI is InChI=1S/C17H27FN2O2/c1-11-7-14(8-12(2)15(11)18)10-19-13(3)9-20-16(21)22-17(4,5)6/h7-8,13,19H,9-10H2,1-6H3,(H,20,21). The van der Waals surface area contributed by atoms with Crippen molar-refractivity contribution in [3.05, 3.63) is 34.6 Å². The van der Waals surface area contributed by atoms with Crippen LogP contribution in [0.3, 0.4) is 0 Å². The first-order valence-electron chi connectivity index (χ1n) is 7.54. The molecule has 0 saturated carbocycles. The van der Waals surface area contributed by atoms with Gasteiger partial charge in [0.2, 0.25) is 0 Å². The molecule has 0 aliphatic carbocycles. The lowest BCUT2D eigenvalue weighted by Crippen LogP contribution is -2.41. The highest BCUT2D eigenvalue weighted by Crippen LogP contribution is 2.14. The number of amides is 1. The van der Waals surface area contributed by atoms with Crippen LogP contribution in [0, 0.1) is 19.7 Å². The number of hydrogen-bond acceptors (Lipinski definition) is 3. The molecule has 5 heteroatoms. The van der Waals surface area contributed by atoms with E-state index in [9.17, 15) is 9.18 Å². The number of rotatable bonds is 5. The van der Waals surface area contributed by atoms with Crippen LogP contribution in [-0.4, -0.2) is 24.3 Å². The van der Waals surface area contributed by atoms with E-state index in [1.165, 1.54) is 0 Å². The molecule has 0 bridgehead atoms. The third-order valence-corrected chi connectivity index (χ3v) is 3.10. The summed E-state index contributed by atoms with van der Waals surface area (Å²) < 4.78 is 18.7. The van der Waals surface area contributed by atoms with Gasteiger partial charge in [0.1, 0.15) is 11.4 Å². The average molecular weight is 310 g/mol. The molecule has 1 amide bonds. The van der Waals surface area contributed by atoms with Crippen molar-refractivity contribution in [2.75, 3.05) is 6.54 Å².